The Morgan fingerprint density at radius 1 is 1.27 bits per heavy atom. The highest BCUT2D eigenvalue weighted by Crippen LogP contribution is 2.40. The van der Waals surface area contributed by atoms with Crippen molar-refractivity contribution in [2.75, 3.05) is 50.0 Å². The molecule has 2 aliphatic rings. The summed E-state index contributed by atoms with van der Waals surface area (Å²) in [7, 11) is 0. The van der Waals surface area contributed by atoms with Crippen LogP contribution in [0.5, 0.6) is 0 Å². The highest BCUT2D eigenvalue weighted by molar-refractivity contribution is 9.10. The number of nitrogens with one attached hydrogen (secondary N) is 2. The van der Waals surface area contributed by atoms with Crippen molar-refractivity contribution in [1.29, 1.82) is 0 Å². The number of benzene rings is 1. The minimum atomic E-state index is -0.514. The zero-order valence-electron chi connectivity index (χ0n) is 18.8. The first-order chi connectivity index (χ1) is 16.0. The van der Waals surface area contributed by atoms with Crippen molar-refractivity contribution in [3.63, 3.8) is 0 Å². The Morgan fingerprint density at radius 2 is 2.09 bits per heavy atom. The van der Waals surface area contributed by atoms with Crippen molar-refractivity contribution in [1.82, 2.24) is 24.6 Å². The van der Waals surface area contributed by atoms with Crippen LogP contribution < -0.4 is 10.6 Å². The van der Waals surface area contributed by atoms with Gasteiger partial charge in [-0.2, -0.15) is 10.1 Å². The number of rotatable bonds is 7. The number of halogens is 1. The van der Waals surface area contributed by atoms with Gasteiger partial charge >= 0.3 is 0 Å². The number of carbonyl (C=O) groups is 1. The molecular formula is C23H28BrN7O2. The van der Waals surface area contributed by atoms with Crippen LogP contribution in [0.1, 0.15) is 31.0 Å². The van der Waals surface area contributed by atoms with E-state index in [1.54, 1.807) is 0 Å². The number of nitrogens with zero attached hydrogens (tertiary/aromatic N) is 5. The highest BCUT2D eigenvalue weighted by Gasteiger charge is 2.35. The number of morpholine rings is 1. The third kappa shape index (κ3) is 4.73. The Morgan fingerprint density at radius 3 is 2.88 bits per heavy atom. The predicted octanol–water partition coefficient (Wildman–Crippen LogP) is 3.07. The molecule has 0 saturated carbocycles. The number of fused-ring (bicyclic) bond motifs is 2. The molecule has 2 aliphatic heterocycles. The third-order valence-electron chi connectivity index (χ3n) is 5.94. The molecule has 10 heteroatoms. The van der Waals surface area contributed by atoms with E-state index in [9.17, 15) is 4.79 Å². The lowest BCUT2D eigenvalue weighted by Crippen LogP contribution is -2.39. The van der Waals surface area contributed by atoms with Gasteiger partial charge in [0.25, 0.3) is 0 Å². The van der Waals surface area contributed by atoms with Crippen LogP contribution in [0.3, 0.4) is 0 Å². The highest BCUT2D eigenvalue weighted by atomic mass is 79.9. The summed E-state index contributed by atoms with van der Waals surface area (Å²) in [5.74, 6) is 0.337. The zero-order chi connectivity index (χ0) is 22.9. The summed E-state index contributed by atoms with van der Waals surface area (Å²) < 4.78 is 8.25. The van der Waals surface area contributed by atoms with Crippen LogP contribution in [0.4, 0.5) is 11.6 Å². The SMILES string of the molecule is CC(C)Cn1cc2c(C3C(=O)Nc4ccc(Br)cc43)nc(NCCN3CCOCC3)nc2n1. The number of hydrogen-bond acceptors (Lipinski definition) is 7. The zero-order valence-corrected chi connectivity index (χ0v) is 20.4. The molecule has 0 aliphatic carbocycles. The summed E-state index contributed by atoms with van der Waals surface area (Å²) in [6.45, 7) is 10.1. The second-order valence-electron chi connectivity index (χ2n) is 8.95. The van der Waals surface area contributed by atoms with E-state index in [0.29, 0.717) is 29.8 Å². The van der Waals surface area contributed by atoms with Crippen LogP contribution >= 0.6 is 15.9 Å². The number of carbonyl (C=O) groups excluding carboxylic acids is 1. The smallest absolute Gasteiger partial charge is 0.238 e. The molecule has 1 atom stereocenters. The van der Waals surface area contributed by atoms with Gasteiger partial charge in [0, 0.05) is 49.1 Å². The molecule has 1 unspecified atom stereocenters. The van der Waals surface area contributed by atoms with Gasteiger partial charge in [-0.25, -0.2) is 4.98 Å². The van der Waals surface area contributed by atoms with Crippen molar-refractivity contribution >= 4 is 44.5 Å². The van der Waals surface area contributed by atoms with Gasteiger partial charge in [-0.15, -0.1) is 0 Å². The van der Waals surface area contributed by atoms with Crippen LogP contribution in [0.2, 0.25) is 0 Å². The molecule has 33 heavy (non-hydrogen) atoms. The molecule has 0 radical (unpaired) electrons. The largest absolute Gasteiger partial charge is 0.379 e. The summed E-state index contributed by atoms with van der Waals surface area (Å²) in [5, 5.41) is 11.9. The van der Waals surface area contributed by atoms with E-state index in [-0.39, 0.29) is 5.91 Å². The molecule has 1 aromatic carbocycles. The van der Waals surface area contributed by atoms with Crippen LogP contribution in [0.25, 0.3) is 11.0 Å². The number of anilines is 2. The Balaban J connectivity index is 1.50. The first-order valence-corrected chi connectivity index (χ1v) is 12.2. The fourth-order valence-corrected chi connectivity index (χ4v) is 4.77. The van der Waals surface area contributed by atoms with Crippen LogP contribution in [0.15, 0.2) is 28.9 Å². The fraction of sp³-hybridized carbons (Fsp3) is 0.478. The Kier molecular flexibility index (Phi) is 6.31. The first kappa shape index (κ1) is 22.2. The molecule has 5 rings (SSSR count). The molecule has 4 heterocycles. The number of amides is 1. The van der Waals surface area contributed by atoms with Gasteiger partial charge in [0.2, 0.25) is 11.9 Å². The molecule has 1 fully saturated rings. The molecule has 2 aromatic heterocycles. The number of ether oxygens (including phenoxy) is 1. The van der Waals surface area contributed by atoms with Crippen molar-refractivity contribution in [2.24, 2.45) is 5.92 Å². The molecule has 9 nitrogen and oxygen atoms in total. The number of aromatic nitrogens is 4. The minimum Gasteiger partial charge on any atom is -0.379 e. The second kappa shape index (κ2) is 9.36. The van der Waals surface area contributed by atoms with Crippen LogP contribution in [-0.2, 0) is 16.1 Å². The van der Waals surface area contributed by atoms with Crippen molar-refractivity contribution in [2.45, 2.75) is 26.3 Å². The van der Waals surface area contributed by atoms with E-state index in [2.05, 4.69) is 50.3 Å². The first-order valence-electron chi connectivity index (χ1n) is 11.4. The van der Waals surface area contributed by atoms with Crippen molar-refractivity contribution in [3.8, 4) is 0 Å². The fourth-order valence-electron chi connectivity index (χ4n) is 4.40. The van der Waals surface area contributed by atoms with Crippen molar-refractivity contribution in [3.05, 3.63) is 40.1 Å². The van der Waals surface area contributed by atoms with Gasteiger partial charge in [0.15, 0.2) is 5.65 Å². The quantitative estimate of drug-likeness (QED) is 0.500. The van der Waals surface area contributed by atoms with Gasteiger partial charge in [0.1, 0.15) is 5.92 Å². The van der Waals surface area contributed by atoms with Gasteiger partial charge in [-0.3, -0.25) is 14.4 Å². The Hall–Kier alpha value is -2.56. The molecule has 1 amide bonds. The molecule has 1 saturated heterocycles. The van der Waals surface area contributed by atoms with Gasteiger partial charge in [0.05, 0.1) is 24.3 Å². The molecular weight excluding hydrogens is 486 g/mol. The van der Waals surface area contributed by atoms with Crippen LogP contribution in [0, 0.1) is 5.92 Å². The maximum Gasteiger partial charge on any atom is 0.238 e. The van der Waals surface area contributed by atoms with E-state index in [1.165, 1.54) is 0 Å². The maximum absolute atomic E-state index is 13.1. The average Bonchev–Trinajstić information content (AvgIpc) is 3.32. The molecule has 174 valence electrons. The van der Waals surface area contributed by atoms with Gasteiger partial charge < -0.3 is 15.4 Å². The standard InChI is InChI=1S/C23H28BrN7O2/c1-14(2)12-31-13-17-20(19-16-11-15(24)3-4-18(16)26-22(19)32)27-23(28-21(17)29-31)25-5-6-30-7-9-33-10-8-30/h3-4,11,13-14,19H,5-10,12H2,1-2H3,(H,26,32)(H,25,28,29). The van der Waals surface area contributed by atoms with E-state index >= 15 is 0 Å². The predicted molar refractivity (Wildman–Crippen MR) is 131 cm³/mol. The second-order valence-corrected chi connectivity index (χ2v) is 9.87. The summed E-state index contributed by atoms with van der Waals surface area (Å²) in [6, 6.07) is 5.83. The van der Waals surface area contributed by atoms with E-state index in [4.69, 9.17) is 14.8 Å². The lowest BCUT2D eigenvalue weighted by molar-refractivity contribution is -0.116. The Labute approximate surface area is 201 Å². The molecule has 3 aromatic rings. The maximum atomic E-state index is 13.1. The lowest BCUT2D eigenvalue weighted by Gasteiger charge is -2.26. The van der Waals surface area contributed by atoms with E-state index in [0.717, 1.165) is 60.5 Å². The average molecular weight is 514 g/mol. The third-order valence-corrected chi connectivity index (χ3v) is 6.43. The molecule has 0 spiro atoms. The molecule has 0 bridgehead atoms. The summed E-state index contributed by atoms with van der Waals surface area (Å²) in [5.41, 5.74) is 3.01. The van der Waals surface area contributed by atoms with Crippen molar-refractivity contribution < 1.29 is 9.53 Å². The Bertz CT molecular complexity index is 1170. The minimum absolute atomic E-state index is 0.0843. The van der Waals surface area contributed by atoms with E-state index < -0.39 is 5.92 Å². The normalized spacial score (nSPS) is 18.7. The van der Waals surface area contributed by atoms with Crippen LogP contribution in [-0.4, -0.2) is 69.9 Å². The number of hydrogen-bond donors (Lipinski definition) is 2. The molecule has 2 N–H and O–H groups in total. The topological polar surface area (TPSA) is 97.2 Å². The van der Waals surface area contributed by atoms with E-state index in [1.807, 2.05) is 29.1 Å². The van der Waals surface area contributed by atoms with Gasteiger partial charge in [-0.05, 0) is 29.7 Å². The summed E-state index contributed by atoms with van der Waals surface area (Å²) >= 11 is 3.54. The lowest BCUT2D eigenvalue weighted by atomic mass is 9.95. The summed E-state index contributed by atoms with van der Waals surface area (Å²) in [4.78, 5) is 24.9. The summed E-state index contributed by atoms with van der Waals surface area (Å²) in [6.07, 6.45) is 1.96. The monoisotopic (exact) mass is 513 g/mol. The van der Waals surface area contributed by atoms with Gasteiger partial charge in [-0.1, -0.05) is 29.8 Å².